The normalized spacial score (nSPS) is 18.9. The Morgan fingerprint density at radius 1 is 1.17 bits per heavy atom. The van der Waals surface area contributed by atoms with Crippen LogP contribution in [0.5, 0.6) is 0 Å². The summed E-state index contributed by atoms with van der Waals surface area (Å²) in [5, 5.41) is 6.89. The lowest BCUT2D eigenvalue weighted by Gasteiger charge is -2.32. The van der Waals surface area contributed by atoms with Crippen molar-refractivity contribution in [3.63, 3.8) is 0 Å². The number of rotatable bonds is 6. The molecule has 1 fully saturated rings. The van der Waals surface area contributed by atoms with E-state index in [4.69, 9.17) is 0 Å². The van der Waals surface area contributed by atoms with Crippen molar-refractivity contribution in [1.82, 2.24) is 15.5 Å². The second kappa shape index (κ2) is 9.20. The third-order valence-electron chi connectivity index (χ3n) is 3.31. The average Bonchev–Trinajstić information content (AvgIpc) is 2.39. The molecule has 0 spiro atoms. The summed E-state index contributed by atoms with van der Waals surface area (Å²) in [7, 11) is 0. The van der Waals surface area contributed by atoms with Gasteiger partial charge in [-0.05, 0) is 39.2 Å². The summed E-state index contributed by atoms with van der Waals surface area (Å²) >= 11 is 0. The lowest BCUT2D eigenvalue weighted by molar-refractivity contribution is 0.206. The van der Waals surface area contributed by atoms with Gasteiger partial charge in [0.15, 0.2) is 5.96 Å². The minimum Gasteiger partial charge on any atom is -0.357 e. The van der Waals surface area contributed by atoms with Crippen molar-refractivity contribution in [3.8, 4) is 0 Å². The van der Waals surface area contributed by atoms with Crippen molar-refractivity contribution < 1.29 is 0 Å². The van der Waals surface area contributed by atoms with Gasteiger partial charge in [-0.3, -0.25) is 4.99 Å². The van der Waals surface area contributed by atoms with Crippen molar-refractivity contribution in [2.24, 2.45) is 4.99 Å². The van der Waals surface area contributed by atoms with Crippen LogP contribution in [0, 0.1) is 0 Å². The molecule has 0 aromatic rings. The second-order valence-electron chi connectivity index (χ2n) is 5.02. The molecule has 0 atom stereocenters. The minimum absolute atomic E-state index is 0.591. The van der Waals surface area contributed by atoms with E-state index < -0.39 is 0 Å². The van der Waals surface area contributed by atoms with E-state index in [0.29, 0.717) is 6.04 Å². The molecule has 0 amide bonds. The van der Waals surface area contributed by atoms with Crippen molar-refractivity contribution in [2.75, 3.05) is 32.7 Å². The maximum absolute atomic E-state index is 4.56. The largest absolute Gasteiger partial charge is 0.357 e. The fourth-order valence-electron chi connectivity index (χ4n) is 2.35. The van der Waals surface area contributed by atoms with E-state index >= 15 is 0 Å². The van der Waals surface area contributed by atoms with Gasteiger partial charge in [0.1, 0.15) is 0 Å². The molecule has 0 aliphatic carbocycles. The highest BCUT2D eigenvalue weighted by molar-refractivity contribution is 5.80. The fourth-order valence-corrected chi connectivity index (χ4v) is 2.35. The summed E-state index contributed by atoms with van der Waals surface area (Å²) < 4.78 is 0. The van der Waals surface area contributed by atoms with Crippen LogP contribution in [0.15, 0.2) is 4.99 Å². The van der Waals surface area contributed by atoms with Crippen LogP contribution in [-0.4, -0.2) is 49.6 Å². The number of piperidine rings is 1. The molecule has 0 saturated carbocycles. The van der Waals surface area contributed by atoms with E-state index in [9.17, 15) is 0 Å². The number of aliphatic imine (C=N–C) groups is 1. The Labute approximate surface area is 112 Å². The molecule has 0 aromatic heterocycles. The fraction of sp³-hybridized carbons (Fsp3) is 0.929. The molecule has 0 radical (unpaired) electrons. The van der Waals surface area contributed by atoms with Crippen LogP contribution >= 0.6 is 0 Å². The Bertz CT molecular complexity index is 232. The van der Waals surface area contributed by atoms with Crippen LogP contribution in [0.2, 0.25) is 0 Å². The van der Waals surface area contributed by atoms with E-state index in [0.717, 1.165) is 25.5 Å². The van der Waals surface area contributed by atoms with Crippen LogP contribution in [0.1, 0.15) is 46.5 Å². The second-order valence-corrected chi connectivity index (χ2v) is 5.02. The third-order valence-corrected chi connectivity index (χ3v) is 3.31. The highest BCUT2D eigenvalue weighted by Crippen LogP contribution is 2.10. The number of hydrogen-bond acceptors (Lipinski definition) is 2. The zero-order chi connectivity index (χ0) is 13.2. The van der Waals surface area contributed by atoms with E-state index in [2.05, 4.69) is 41.3 Å². The topological polar surface area (TPSA) is 39.7 Å². The van der Waals surface area contributed by atoms with Gasteiger partial charge in [0.25, 0.3) is 0 Å². The maximum Gasteiger partial charge on any atom is 0.191 e. The van der Waals surface area contributed by atoms with Gasteiger partial charge in [0, 0.05) is 32.2 Å². The molecule has 0 aromatic carbocycles. The molecule has 1 saturated heterocycles. The average molecular weight is 254 g/mol. The highest BCUT2D eigenvalue weighted by atomic mass is 15.2. The maximum atomic E-state index is 4.56. The highest BCUT2D eigenvalue weighted by Gasteiger charge is 2.18. The van der Waals surface area contributed by atoms with Gasteiger partial charge in [-0.15, -0.1) is 0 Å². The molecule has 4 nitrogen and oxygen atoms in total. The first-order valence-corrected chi connectivity index (χ1v) is 7.57. The Morgan fingerprint density at radius 2 is 1.89 bits per heavy atom. The van der Waals surface area contributed by atoms with Gasteiger partial charge in [-0.25, -0.2) is 0 Å². The number of hydrogen-bond donors (Lipinski definition) is 2. The summed E-state index contributed by atoms with van der Waals surface area (Å²) in [6, 6.07) is 0.591. The third kappa shape index (κ3) is 5.71. The smallest absolute Gasteiger partial charge is 0.191 e. The summed E-state index contributed by atoms with van der Waals surface area (Å²) in [5.74, 6) is 0.994. The Kier molecular flexibility index (Phi) is 7.81. The summed E-state index contributed by atoms with van der Waals surface area (Å²) in [5.41, 5.74) is 0. The van der Waals surface area contributed by atoms with Crippen LogP contribution < -0.4 is 10.6 Å². The van der Waals surface area contributed by atoms with Crippen molar-refractivity contribution in [3.05, 3.63) is 0 Å². The van der Waals surface area contributed by atoms with Gasteiger partial charge in [-0.1, -0.05) is 13.8 Å². The standard InChI is InChI=1S/C14H30N4/c1-4-9-16-14(15-6-3)17-13-7-11-18(10-5-2)12-8-13/h13H,4-12H2,1-3H3,(H2,15,16,17). The summed E-state index contributed by atoms with van der Waals surface area (Å²) in [6.07, 6.45) is 4.83. The lowest BCUT2D eigenvalue weighted by Crippen LogP contribution is -2.48. The first kappa shape index (κ1) is 15.3. The van der Waals surface area contributed by atoms with Crippen molar-refractivity contribution >= 4 is 5.96 Å². The first-order chi connectivity index (χ1) is 8.80. The molecule has 0 unspecified atom stereocenters. The van der Waals surface area contributed by atoms with Crippen LogP contribution in [0.3, 0.4) is 0 Å². The molecule has 2 N–H and O–H groups in total. The summed E-state index contributed by atoms with van der Waals surface area (Å²) in [4.78, 5) is 7.13. The van der Waals surface area contributed by atoms with Crippen molar-refractivity contribution in [1.29, 1.82) is 0 Å². The van der Waals surface area contributed by atoms with Gasteiger partial charge in [0.05, 0.1) is 0 Å². The Morgan fingerprint density at radius 3 is 2.44 bits per heavy atom. The molecular formula is C14H30N4. The molecule has 1 aliphatic heterocycles. The molecule has 4 heteroatoms. The first-order valence-electron chi connectivity index (χ1n) is 7.57. The van der Waals surface area contributed by atoms with E-state index in [1.165, 1.54) is 38.9 Å². The van der Waals surface area contributed by atoms with Gasteiger partial charge >= 0.3 is 0 Å². The predicted molar refractivity (Wildman–Crippen MR) is 79.2 cm³/mol. The minimum atomic E-state index is 0.591. The lowest BCUT2D eigenvalue weighted by atomic mass is 10.1. The molecule has 1 aliphatic rings. The number of guanidine groups is 1. The van der Waals surface area contributed by atoms with E-state index in [-0.39, 0.29) is 0 Å². The monoisotopic (exact) mass is 254 g/mol. The molecule has 1 heterocycles. The quantitative estimate of drug-likeness (QED) is 0.561. The molecule has 106 valence electrons. The number of nitrogens with zero attached hydrogens (tertiary/aromatic N) is 2. The number of nitrogens with one attached hydrogen (secondary N) is 2. The predicted octanol–water partition coefficient (Wildman–Crippen LogP) is 1.83. The Balaban J connectivity index is 2.32. The van der Waals surface area contributed by atoms with E-state index in [1.54, 1.807) is 0 Å². The molecule has 0 bridgehead atoms. The van der Waals surface area contributed by atoms with Gasteiger partial charge < -0.3 is 15.5 Å². The Hall–Kier alpha value is -0.770. The summed E-state index contributed by atoms with van der Waals surface area (Å²) in [6.45, 7) is 12.1. The number of likely N-dealkylation sites (tertiary alicyclic amines) is 1. The zero-order valence-electron chi connectivity index (χ0n) is 12.3. The van der Waals surface area contributed by atoms with Crippen LogP contribution in [0.4, 0.5) is 0 Å². The van der Waals surface area contributed by atoms with Gasteiger partial charge in [-0.2, -0.15) is 0 Å². The van der Waals surface area contributed by atoms with Crippen LogP contribution in [-0.2, 0) is 0 Å². The van der Waals surface area contributed by atoms with Crippen LogP contribution in [0.25, 0.3) is 0 Å². The molecular weight excluding hydrogens is 224 g/mol. The zero-order valence-corrected chi connectivity index (χ0v) is 12.3. The molecule has 18 heavy (non-hydrogen) atoms. The van der Waals surface area contributed by atoms with Gasteiger partial charge in [0.2, 0.25) is 0 Å². The SMILES string of the molecule is CCCN=C(NCC)NC1CCN(CCC)CC1. The van der Waals surface area contributed by atoms with E-state index in [1.807, 2.05) is 0 Å². The molecule has 1 rings (SSSR count). The van der Waals surface area contributed by atoms with Crippen molar-refractivity contribution in [2.45, 2.75) is 52.5 Å².